The molecule has 0 aliphatic carbocycles. The van der Waals surface area contributed by atoms with Gasteiger partial charge in [-0.05, 0) is 55.8 Å². The lowest BCUT2D eigenvalue weighted by molar-refractivity contribution is -0.115. The summed E-state index contributed by atoms with van der Waals surface area (Å²) in [7, 11) is 0. The Labute approximate surface area is 127 Å². The molecule has 2 rings (SSSR count). The summed E-state index contributed by atoms with van der Waals surface area (Å²) in [6.07, 6.45) is 0. The molecule has 3 nitrogen and oxygen atoms in total. The van der Waals surface area contributed by atoms with Gasteiger partial charge in [0.25, 0.3) is 0 Å². The van der Waals surface area contributed by atoms with Crippen LogP contribution in [-0.2, 0) is 4.79 Å². The predicted octanol–water partition coefficient (Wildman–Crippen LogP) is 4.51. The molecule has 0 heterocycles. The van der Waals surface area contributed by atoms with Gasteiger partial charge >= 0.3 is 0 Å². The number of hydrogen-bond acceptors (Lipinski definition) is 2. The van der Waals surface area contributed by atoms with E-state index < -0.39 is 0 Å². The van der Waals surface area contributed by atoms with E-state index in [0.717, 1.165) is 22.7 Å². The molecule has 0 bridgehead atoms. The van der Waals surface area contributed by atoms with Gasteiger partial charge in [-0.25, -0.2) is 0 Å². The van der Waals surface area contributed by atoms with Crippen LogP contribution in [0.3, 0.4) is 0 Å². The van der Waals surface area contributed by atoms with Crippen LogP contribution in [-0.4, -0.2) is 10.7 Å². The van der Waals surface area contributed by atoms with Crippen molar-refractivity contribution < 1.29 is 9.53 Å². The molecule has 0 saturated carbocycles. The average molecular weight is 334 g/mol. The normalized spacial score (nSPS) is 11.8. The molecule has 20 heavy (non-hydrogen) atoms. The smallest absolute Gasteiger partial charge is 0.237 e. The Kier molecular flexibility index (Phi) is 4.79. The van der Waals surface area contributed by atoms with E-state index in [0.29, 0.717) is 0 Å². The minimum Gasteiger partial charge on any atom is -0.457 e. The van der Waals surface area contributed by atoms with E-state index in [9.17, 15) is 4.79 Å². The van der Waals surface area contributed by atoms with Crippen molar-refractivity contribution in [2.45, 2.75) is 18.7 Å². The molecule has 2 aromatic carbocycles. The molecular weight excluding hydrogens is 318 g/mol. The van der Waals surface area contributed by atoms with E-state index in [2.05, 4.69) is 21.2 Å². The maximum absolute atomic E-state index is 11.5. The van der Waals surface area contributed by atoms with Gasteiger partial charge in [0.1, 0.15) is 11.5 Å². The first-order chi connectivity index (χ1) is 9.54. The maximum Gasteiger partial charge on any atom is 0.237 e. The quantitative estimate of drug-likeness (QED) is 0.836. The summed E-state index contributed by atoms with van der Waals surface area (Å²) < 4.78 is 5.74. The SMILES string of the molecule is Cc1cccc(Oc2ccc(NC(=O)C(C)Br)cc2)c1. The topological polar surface area (TPSA) is 38.3 Å². The summed E-state index contributed by atoms with van der Waals surface area (Å²) in [4.78, 5) is 11.3. The molecule has 2 aromatic rings. The van der Waals surface area contributed by atoms with E-state index in [1.165, 1.54) is 0 Å². The fraction of sp³-hybridized carbons (Fsp3) is 0.188. The van der Waals surface area contributed by atoms with Crippen LogP contribution in [0.1, 0.15) is 12.5 Å². The van der Waals surface area contributed by atoms with Crippen molar-refractivity contribution in [1.29, 1.82) is 0 Å². The number of ether oxygens (including phenoxy) is 1. The first-order valence-corrected chi connectivity index (χ1v) is 7.26. The number of carbonyl (C=O) groups excluding carboxylic acids is 1. The van der Waals surface area contributed by atoms with Gasteiger partial charge in [-0.1, -0.05) is 28.1 Å². The molecule has 104 valence electrons. The largest absolute Gasteiger partial charge is 0.457 e. The first kappa shape index (κ1) is 14.6. The number of nitrogens with one attached hydrogen (secondary N) is 1. The van der Waals surface area contributed by atoms with Crippen LogP contribution in [0.15, 0.2) is 48.5 Å². The molecule has 1 N–H and O–H groups in total. The van der Waals surface area contributed by atoms with Crippen molar-refractivity contribution in [1.82, 2.24) is 0 Å². The molecule has 1 unspecified atom stereocenters. The Morgan fingerprint density at radius 3 is 2.45 bits per heavy atom. The number of anilines is 1. The molecule has 0 fully saturated rings. The monoisotopic (exact) mass is 333 g/mol. The van der Waals surface area contributed by atoms with Gasteiger partial charge in [0.15, 0.2) is 0 Å². The molecule has 0 radical (unpaired) electrons. The van der Waals surface area contributed by atoms with E-state index >= 15 is 0 Å². The lowest BCUT2D eigenvalue weighted by Gasteiger charge is -2.09. The zero-order chi connectivity index (χ0) is 14.5. The van der Waals surface area contributed by atoms with Crippen molar-refractivity contribution in [3.8, 4) is 11.5 Å². The molecule has 0 aromatic heterocycles. The van der Waals surface area contributed by atoms with Crippen molar-refractivity contribution >= 4 is 27.5 Å². The van der Waals surface area contributed by atoms with Crippen molar-refractivity contribution in [3.05, 3.63) is 54.1 Å². The lowest BCUT2D eigenvalue weighted by Crippen LogP contribution is -2.19. The van der Waals surface area contributed by atoms with Crippen LogP contribution in [0.4, 0.5) is 5.69 Å². The summed E-state index contributed by atoms with van der Waals surface area (Å²) in [5.74, 6) is 1.47. The Bertz CT molecular complexity index is 594. The van der Waals surface area contributed by atoms with Crippen LogP contribution in [0.25, 0.3) is 0 Å². The summed E-state index contributed by atoms with van der Waals surface area (Å²) in [5.41, 5.74) is 1.90. The molecule has 1 atom stereocenters. The standard InChI is InChI=1S/C16H16BrNO2/c1-11-4-3-5-15(10-11)20-14-8-6-13(7-9-14)18-16(19)12(2)17/h3-10,12H,1-2H3,(H,18,19). The number of amides is 1. The summed E-state index contributed by atoms with van der Waals surface area (Å²) in [5, 5.41) is 2.80. The fourth-order valence-corrected chi connectivity index (χ4v) is 1.78. The Morgan fingerprint density at radius 1 is 1.15 bits per heavy atom. The number of alkyl halides is 1. The van der Waals surface area contributed by atoms with Gasteiger partial charge in [-0.3, -0.25) is 4.79 Å². The number of halogens is 1. The summed E-state index contributed by atoms with van der Waals surface area (Å²) >= 11 is 3.23. The minimum absolute atomic E-state index is 0.0719. The number of aryl methyl sites for hydroxylation is 1. The van der Waals surface area contributed by atoms with Gasteiger partial charge in [0.2, 0.25) is 5.91 Å². The van der Waals surface area contributed by atoms with Gasteiger partial charge in [0.05, 0.1) is 4.83 Å². The lowest BCUT2D eigenvalue weighted by atomic mass is 10.2. The van der Waals surface area contributed by atoms with Gasteiger partial charge < -0.3 is 10.1 Å². The fourth-order valence-electron chi connectivity index (χ4n) is 1.66. The van der Waals surface area contributed by atoms with Crippen LogP contribution in [0, 0.1) is 6.92 Å². The van der Waals surface area contributed by atoms with E-state index in [-0.39, 0.29) is 10.7 Å². The van der Waals surface area contributed by atoms with Crippen molar-refractivity contribution in [3.63, 3.8) is 0 Å². The highest BCUT2D eigenvalue weighted by Crippen LogP contribution is 2.23. The zero-order valence-electron chi connectivity index (χ0n) is 11.4. The van der Waals surface area contributed by atoms with Crippen LogP contribution >= 0.6 is 15.9 Å². The Morgan fingerprint density at radius 2 is 1.85 bits per heavy atom. The van der Waals surface area contributed by atoms with Crippen LogP contribution in [0.2, 0.25) is 0 Å². The van der Waals surface area contributed by atoms with Crippen molar-refractivity contribution in [2.75, 3.05) is 5.32 Å². The Balaban J connectivity index is 2.03. The van der Waals surface area contributed by atoms with Crippen molar-refractivity contribution in [2.24, 2.45) is 0 Å². The average Bonchev–Trinajstić information content (AvgIpc) is 2.41. The highest BCUT2D eigenvalue weighted by molar-refractivity contribution is 9.10. The molecule has 0 saturated heterocycles. The second kappa shape index (κ2) is 6.57. The highest BCUT2D eigenvalue weighted by atomic mass is 79.9. The van der Waals surface area contributed by atoms with Gasteiger partial charge in [-0.15, -0.1) is 0 Å². The van der Waals surface area contributed by atoms with E-state index in [1.54, 1.807) is 6.92 Å². The van der Waals surface area contributed by atoms with Gasteiger partial charge in [0, 0.05) is 5.69 Å². The molecule has 0 spiro atoms. The summed E-state index contributed by atoms with van der Waals surface area (Å²) in [6, 6.07) is 15.2. The third-order valence-electron chi connectivity index (χ3n) is 2.71. The number of benzene rings is 2. The molecular formula is C16H16BrNO2. The van der Waals surface area contributed by atoms with E-state index in [1.807, 2.05) is 55.5 Å². The van der Waals surface area contributed by atoms with Crippen LogP contribution < -0.4 is 10.1 Å². The minimum atomic E-state index is -0.217. The molecule has 1 amide bonds. The molecule has 4 heteroatoms. The van der Waals surface area contributed by atoms with Crippen LogP contribution in [0.5, 0.6) is 11.5 Å². The molecule has 0 aliphatic rings. The van der Waals surface area contributed by atoms with E-state index in [4.69, 9.17) is 4.74 Å². The third kappa shape index (κ3) is 4.10. The first-order valence-electron chi connectivity index (χ1n) is 6.34. The molecule has 0 aliphatic heterocycles. The zero-order valence-corrected chi connectivity index (χ0v) is 13.0. The predicted molar refractivity (Wildman–Crippen MR) is 84.7 cm³/mol. The maximum atomic E-state index is 11.5. The number of carbonyl (C=O) groups is 1. The Hall–Kier alpha value is -1.81. The number of hydrogen-bond donors (Lipinski definition) is 1. The highest BCUT2D eigenvalue weighted by Gasteiger charge is 2.08. The summed E-state index contributed by atoms with van der Waals surface area (Å²) in [6.45, 7) is 3.80. The second-order valence-corrected chi connectivity index (χ2v) is 5.92. The second-order valence-electron chi connectivity index (χ2n) is 4.55. The number of rotatable bonds is 4. The third-order valence-corrected chi connectivity index (χ3v) is 3.12. The van der Waals surface area contributed by atoms with Gasteiger partial charge in [-0.2, -0.15) is 0 Å².